The molecule has 2 fully saturated rings. The number of hydrogen-bond donors (Lipinski definition) is 2. The standard InChI is InChI=1S/C20H28N4OS/c1-14(15-6-8-21-9-7-15)12-19(25)22-16-4-5-17-18(13-16)26-20(23-17)24-10-2-3-11-24/h4-5,13-15,21H,2-3,6-12H2,1H3,(H,22,25). The first-order valence-electron chi connectivity index (χ1n) is 9.85. The molecule has 2 aliphatic heterocycles. The molecule has 140 valence electrons. The van der Waals surface area contributed by atoms with Crippen molar-refractivity contribution in [1.29, 1.82) is 0 Å². The molecular weight excluding hydrogens is 344 g/mol. The van der Waals surface area contributed by atoms with Gasteiger partial charge in [0.15, 0.2) is 5.13 Å². The van der Waals surface area contributed by atoms with E-state index in [0.29, 0.717) is 18.3 Å². The molecule has 26 heavy (non-hydrogen) atoms. The smallest absolute Gasteiger partial charge is 0.224 e. The molecule has 2 aliphatic rings. The summed E-state index contributed by atoms with van der Waals surface area (Å²) < 4.78 is 1.15. The quantitative estimate of drug-likeness (QED) is 0.837. The van der Waals surface area contributed by atoms with Gasteiger partial charge in [0.2, 0.25) is 5.91 Å². The minimum Gasteiger partial charge on any atom is -0.348 e. The number of nitrogens with one attached hydrogen (secondary N) is 2. The van der Waals surface area contributed by atoms with Crippen molar-refractivity contribution in [2.75, 3.05) is 36.4 Å². The number of fused-ring (bicyclic) bond motifs is 1. The van der Waals surface area contributed by atoms with Gasteiger partial charge in [0.1, 0.15) is 0 Å². The molecule has 0 spiro atoms. The van der Waals surface area contributed by atoms with Crippen LogP contribution < -0.4 is 15.5 Å². The van der Waals surface area contributed by atoms with Gasteiger partial charge in [-0.3, -0.25) is 4.79 Å². The van der Waals surface area contributed by atoms with E-state index in [9.17, 15) is 4.79 Å². The Bertz CT molecular complexity index is 762. The Kier molecular flexibility index (Phi) is 5.41. The van der Waals surface area contributed by atoms with Gasteiger partial charge in [-0.2, -0.15) is 0 Å². The van der Waals surface area contributed by atoms with Crippen molar-refractivity contribution in [3.63, 3.8) is 0 Å². The fraction of sp³-hybridized carbons (Fsp3) is 0.600. The van der Waals surface area contributed by atoms with E-state index in [4.69, 9.17) is 4.98 Å². The summed E-state index contributed by atoms with van der Waals surface area (Å²) in [6.07, 6.45) is 5.48. The highest BCUT2D eigenvalue weighted by Gasteiger charge is 2.22. The number of carbonyl (C=O) groups excluding carboxylic acids is 1. The average Bonchev–Trinajstić information content (AvgIpc) is 3.31. The minimum absolute atomic E-state index is 0.125. The summed E-state index contributed by atoms with van der Waals surface area (Å²) >= 11 is 1.73. The molecule has 6 heteroatoms. The normalized spacial score (nSPS) is 19.8. The van der Waals surface area contributed by atoms with Crippen LogP contribution >= 0.6 is 11.3 Å². The first-order chi connectivity index (χ1) is 12.7. The number of carbonyl (C=O) groups is 1. The molecule has 1 aromatic heterocycles. The largest absolute Gasteiger partial charge is 0.348 e. The molecule has 2 aromatic rings. The maximum absolute atomic E-state index is 12.5. The van der Waals surface area contributed by atoms with Crippen molar-refractivity contribution in [3.05, 3.63) is 18.2 Å². The predicted octanol–water partition coefficient (Wildman–Crippen LogP) is 3.86. The average molecular weight is 373 g/mol. The van der Waals surface area contributed by atoms with E-state index < -0.39 is 0 Å². The summed E-state index contributed by atoms with van der Waals surface area (Å²) in [6, 6.07) is 6.07. The van der Waals surface area contributed by atoms with Crippen LogP contribution in [0.3, 0.4) is 0 Å². The Morgan fingerprint density at radius 1 is 1.35 bits per heavy atom. The van der Waals surface area contributed by atoms with Crippen molar-refractivity contribution in [1.82, 2.24) is 10.3 Å². The third-order valence-electron chi connectivity index (χ3n) is 5.73. The lowest BCUT2D eigenvalue weighted by Crippen LogP contribution is -2.32. The summed E-state index contributed by atoms with van der Waals surface area (Å²) in [5, 5.41) is 7.60. The Morgan fingerprint density at radius 2 is 2.12 bits per heavy atom. The van der Waals surface area contributed by atoms with E-state index in [1.165, 1.54) is 25.7 Å². The zero-order valence-corrected chi connectivity index (χ0v) is 16.3. The second kappa shape index (κ2) is 7.92. The second-order valence-electron chi connectivity index (χ2n) is 7.69. The molecule has 1 amide bonds. The van der Waals surface area contributed by atoms with E-state index in [1.54, 1.807) is 11.3 Å². The Morgan fingerprint density at radius 3 is 2.88 bits per heavy atom. The predicted molar refractivity (Wildman–Crippen MR) is 109 cm³/mol. The fourth-order valence-corrected chi connectivity index (χ4v) is 5.17. The highest BCUT2D eigenvalue weighted by Crippen LogP contribution is 2.32. The Labute approximate surface area is 159 Å². The van der Waals surface area contributed by atoms with E-state index in [-0.39, 0.29) is 5.91 Å². The third kappa shape index (κ3) is 4.01. The van der Waals surface area contributed by atoms with Gasteiger partial charge in [0.25, 0.3) is 0 Å². The zero-order chi connectivity index (χ0) is 17.9. The van der Waals surface area contributed by atoms with Crippen LogP contribution in [-0.4, -0.2) is 37.1 Å². The number of rotatable bonds is 5. The molecule has 1 unspecified atom stereocenters. The van der Waals surface area contributed by atoms with Gasteiger partial charge in [-0.1, -0.05) is 18.3 Å². The lowest BCUT2D eigenvalue weighted by molar-refractivity contribution is -0.117. The highest BCUT2D eigenvalue weighted by molar-refractivity contribution is 7.22. The Balaban J connectivity index is 1.39. The number of hydrogen-bond acceptors (Lipinski definition) is 5. The van der Waals surface area contributed by atoms with Crippen LogP contribution in [-0.2, 0) is 4.79 Å². The van der Waals surface area contributed by atoms with Crippen molar-refractivity contribution < 1.29 is 4.79 Å². The van der Waals surface area contributed by atoms with E-state index in [2.05, 4.69) is 28.5 Å². The maximum atomic E-state index is 12.5. The lowest BCUT2D eigenvalue weighted by Gasteiger charge is -2.27. The molecular formula is C20H28N4OS. The fourth-order valence-electron chi connectivity index (χ4n) is 4.12. The number of thiazole rings is 1. The second-order valence-corrected chi connectivity index (χ2v) is 8.70. The number of aromatic nitrogens is 1. The summed E-state index contributed by atoms with van der Waals surface area (Å²) in [6.45, 7) is 6.59. The number of benzene rings is 1. The van der Waals surface area contributed by atoms with Crippen LogP contribution in [0.15, 0.2) is 18.2 Å². The summed E-state index contributed by atoms with van der Waals surface area (Å²) in [5.41, 5.74) is 1.91. The van der Waals surface area contributed by atoms with Gasteiger partial charge in [0.05, 0.1) is 10.2 Å². The highest BCUT2D eigenvalue weighted by atomic mass is 32.1. The van der Waals surface area contributed by atoms with E-state index in [0.717, 1.165) is 47.2 Å². The van der Waals surface area contributed by atoms with E-state index >= 15 is 0 Å². The number of anilines is 2. The summed E-state index contributed by atoms with van der Waals surface area (Å²) in [5.74, 6) is 1.22. The van der Waals surface area contributed by atoms with Crippen molar-refractivity contribution in [3.8, 4) is 0 Å². The first kappa shape index (κ1) is 17.7. The molecule has 0 saturated carbocycles. The van der Waals surface area contributed by atoms with Crippen LogP contribution in [0.4, 0.5) is 10.8 Å². The third-order valence-corrected chi connectivity index (χ3v) is 6.81. The molecule has 1 atom stereocenters. The number of amides is 1. The monoisotopic (exact) mass is 372 g/mol. The molecule has 2 N–H and O–H groups in total. The van der Waals surface area contributed by atoms with Gasteiger partial charge in [0, 0.05) is 25.2 Å². The van der Waals surface area contributed by atoms with Gasteiger partial charge >= 0.3 is 0 Å². The molecule has 0 radical (unpaired) electrons. The van der Waals surface area contributed by atoms with Gasteiger partial charge in [-0.25, -0.2) is 4.98 Å². The maximum Gasteiger partial charge on any atom is 0.224 e. The zero-order valence-electron chi connectivity index (χ0n) is 15.5. The lowest BCUT2D eigenvalue weighted by atomic mass is 9.84. The van der Waals surface area contributed by atoms with Gasteiger partial charge < -0.3 is 15.5 Å². The van der Waals surface area contributed by atoms with Crippen molar-refractivity contribution in [2.24, 2.45) is 11.8 Å². The van der Waals surface area contributed by atoms with Crippen LogP contribution in [0.2, 0.25) is 0 Å². The molecule has 0 bridgehead atoms. The summed E-state index contributed by atoms with van der Waals surface area (Å²) in [7, 11) is 0. The van der Waals surface area contributed by atoms with Crippen LogP contribution in [0.5, 0.6) is 0 Å². The molecule has 2 saturated heterocycles. The Hall–Kier alpha value is -1.66. The molecule has 3 heterocycles. The summed E-state index contributed by atoms with van der Waals surface area (Å²) in [4.78, 5) is 19.6. The van der Waals surface area contributed by atoms with Crippen molar-refractivity contribution in [2.45, 2.75) is 39.0 Å². The first-order valence-corrected chi connectivity index (χ1v) is 10.7. The van der Waals surface area contributed by atoms with Gasteiger partial charge in [-0.05, 0) is 68.8 Å². The van der Waals surface area contributed by atoms with Crippen LogP contribution in [0.1, 0.15) is 39.0 Å². The molecule has 5 nitrogen and oxygen atoms in total. The number of nitrogens with zero attached hydrogens (tertiary/aromatic N) is 2. The SMILES string of the molecule is CC(CC(=O)Nc1ccc2nc(N3CCCC3)sc2c1)C1CCNCC1. The molecule has 1 aromatic carbocycles. The number of piperidine rings is 1. The molecule has 0 aliphatic carbocycles. The van der Waals surface area contributed by atoms with E-state index in [1.807, 2.05) is 12.1 Å². The molecule has 4 rings (SSSR count). The van der Waals surface area contributed by atoms with Gasteiger partial charge in [-0.15, -0.1) is 0 Å². The van der Waals surface area contributed by atoms with Crippen LogP contribution in [0, 0.1) is 11.8 Å². The topological polar surface area (TPSA) is 57.3 Å². The minimum atomic E-state index is 0.125. The van der Waals surface area contributed by atoms with Crippen molar-refractivity contribution >= 4 is 38.3 Å². The van der Waals surface area contributed by atoms with Crippen LogP contribution in [0.25, 0.3) is 10.2 Å².